The number of aromatic nitrogens is 1. The zero-order valence-corrected chi connectivity index (χ0v) is 15.6. The Balaban J connectivity index is 1.93. The highest BCUT2D eigenvalue weighted by Gasteiger charge is 2.37. The number of carboxylic acid groups (broad SMARTS) is 1. The molecular formula is C19H23FN4O3. The number of pyridine rings is 1. The second-order valence-corrected chi connectivity index (χ2v) is 7.51. The topological polar surface area (TPSA) is 69.0 Å². The predicted molar refractivity (Wildman–Crippen MR) is 101 cm³/mol. The molecule has 2 atom stereocenters. The molecule has 0 amide bonds. The average Bonchev–Trinajstić information content (AvgIpc) is 2.62. The van der Waals surface area contributed by atoms with Gasteiger partial charge in [0.2, 0.25) is 5.43 Å². The molecule has 8 heteroatoms. The molecule has 0 spiro atoms. The van der Waals surface area contributed by atoms with E-state index in [-0.39, 0.29) is 23.2 Å². The van der Waals surface area contributed by atoms with Gasteiger partial charge in [-0.15, -0.1) is 0 Å². The van der Waals surface area contributed by atoms with Crippen molar-refractivity contribution in [2.24, 2.45) is 0 Å². The van der Waals surface area contributed by atoms with Crippen molar-refractivity contribution in [2.75, 3.05) is 45.2 Å². The summed E-state index contributed by atoms with van der Waals surface area (Å²) >= 11 is 0. The molecule has 0 aliphatic carbocycles. The standard InChI is InChI=1S/C19H23FN4O3/c1-11-18(23-6-4-21(2)5-7-23)22(3)15-9-12(20)8-13-16(15)24(11)10-14(17(13)25)19(26)27/h8-11,18H,4-7H2,1-3H3,(H,26,27)/t11-,18?/m0/s1. The number of carboxylic acids is 1. The van der Waals surface area contributed by atoms with Crippen LogP contribution in [0.3, 0.4) is 0 Å². The second-order valence-electron chi connectivity index (χ2n) is 7.51. The van der Waals surface area contributed by atoms with E-state index in [1.54, 1.807) is 0 Å². The van der Waals surface area contributed by atoms with Gasteiger partial charge in [-0.3, -0.25) is 9.69 Å². The van der Waals surface area contributed by atoms with Gasteiger partial charge in [-0.25, -0.2) is 9.18 Å². The maximum atomic E-state index is 14.3. The smallest absolute Gasteiger partial charge is 0.341 e. The average molecular weight is 374 g/mol. The number of halogens is 1. The van der Waals surface area contributed by atoms with Gasteiger partial charge in [0.15, 0.2) is 0 Å². The number of aromatic carboxylic acids is 1. The van der Waals surface area contributed by atoms with Crippen LogP contribution in [-0.2, 0) is 0 Å². The highest BCUT2D eigenvalue weighted by molar-refractivity contribution is 5.97. The molecule has 27 heavy (non-hydrogen) atoms. The summed E-state index contributed by atoms with van der Waals surface area (Å²) in [6.07, 6.45) is 1.36. The lowest BCUT2D eigenvalue weighted by molar-refractivity contribution is 0.0692. The van der Waals surface area contributed by atoms with Gasteiger partial charge < -0.3 is 19.5 Å². The van der Waals surface area contributed by atoms with Crippen LogP contribution in [0.15, 0.2) is 23.1 Å². The zero-order valence-electron chi connectivity index (χ0n) is 15.6. The Morgan fingerprint density at radius 1 is 1.19 bits per heavy atom. The summed E-state index contributed by atoms with van der Waals surface area (Å²) in [4.78, 5) is 30.8. The fourth-order valence-corrected chi connectivity index (χ4v) is 4.43. The van der Waals surface area contributed by atoms with Crippen LogP contribution < -0.4 is 10.3 Å². The number of nitrogens with zero attached hydrogens (tertiary/aromatic N) is 4. The Hall–Kier alpha value is -2.45. The number of piperazine rings is 1. The summed E-state index contributed by atoms with van der Waals surface area (Å²) in [7, 11) is 3.99. The highest BCUT2D eigenvalue weighted by Crippen LogP contribution is 2.38. The predicted octanol–water partition coefficient (Wildman–Crippen LogP) is 1.42. The molecule has 144 valence electrons. The molecule has 0 radical (unpaired) electrons. The van der Waals surface area contributed by atoms with Crippen molar-refractivity contribution in [1.82, 2.24) is 14.4 Å². The first-order valence-electron chi connectivity index (χ1n) is 9.06. The van der Waals surface area contributed by atoms with Crippen LogP contribution in [0.4, 0.5) is 10.1 Å². The zero-order chi connectivity index (χ0) is 19.5. The van der Waals surface area contributed by atoms with Gasteiger partial charge >= 0.3 is 5.97 Å². The van der Waals surface area contributed by atoms with E-state index in [2.05, 4.69) is 16.8 Å². The largest absolute Gasteiger partial charge is 0.477 e. The maximum absolute atomic E-state index is 14.3. The van der Waals surface area contributed by atoms with Crippen molar-refractivity contribution in [2.45, 2.75) is 19.1 Å². The number of rotatable bonds is 2. The highest BCUT2D eigenvalue weighted by atomic mass is 19.1. The Bertz CT molecular complexity index is 981. The molecule has 0 bridgehead atoms. The van der Waals surface area contributed by atoms with Crippen LogP contribution in [0.25, 0.3) is 10.9 Å². The minimum atomic E-state index is -1.29. The minimum absolute atomic E-state index is 0.0552. The fraction of sp³-hybridized carbons (Fsp3) is 0.474. The van der Waals surface area contributed by atoms with E-state index in [9.17, 15) is 19.1 Å². The van der Waals surface area contributed by atoms with E-state index in [1.807, 2.05) is 23.4 Å². The first-order chi connectivity index (χ1) is 12.8. The van der Waals surface area contributed by atoms with Crippen molar-refractivity contribution in [1.29, 1.82) is 0 Å². The van der Waals surface area contributed by atoms with Gasteiger partial charge in [-0.2, -0.15) is 0 Å². The Morgan fingerprint density at radius 2 is 1.85 bits per heavy atom. The van der Waals surface area contributed by atoms with E-state index in [1.165, 1.54) is 12.3 Å². The summed E-state index contributed by atoms with van der Waals surface area (Å²) in [6.45, 7) is 5.63. The number of hydrogen-bond donors (Lipinski definition) is 1. The van der Waals surface area contributed by atoms with Crippen molar-refractivity contribution in [3.63, 3.8) is 0 Å². The molecule has 1 N–H and O–H groups in total. The molecule has 1 fully saturated rings. The van der Waals surface area contributed by atoms with Crippen molar-refractivity contribution >= 4 is 22.6 Å². The molecule has 1 unspecified atom stereocenters. The SMILES string of the molecule is C[C@H]1C(N2CCN(C)CC2)N(C)c2cc(F)cc3c(=O)c(C(=O)O)cn1c23. The summed E-state index contributed by atoms with van der Waals surface area (Å²) in [6, 6.07) is 2.46. The van der Waals surface area contributed by atoms with Crippen molar-refractivity contribution in [3.05, 3.63) is 39.9 Å². The fourth-order valence-electron chi connectivity index (χ4n) is 4.43. The van der Waals surface area contributed by atoms with Gasteiger partial charge in [-0.1, -0.05) is 0 Å². The van der Waals surface area contributed by atoms with Crippen LogP contribution >= 0.6 is 0 Å². The van der Waals surface area contributed by atoms with Gasteiger partial charge in [0.25, 0.3) is 0 Å². The van der Waals surface area contributed by atoms with E-state index in [4.69, 9.17) is 0 Å². The summed E-state index contributed by atoms with van der Waals surface area (Å²) in [5.41, 5.74) is 0.230. The van der Waals surface area contributed by atoms with Crippen LogP contribution in [0.5, 0.6) is 0 Å². The summed E-state index contributed by atoms with van der Waals surface area (Å²) in [5, 5.41) is 9.56. The van der Waals surface area contributed by atoms with Crippen LogP contribution in [0.2, 0.25) is 0 Å². The molecule has 4 rings (SSSR count). The molecule has 2 aliphatic heterocycles. The molecule has 2 aromatic rings. The summed E-state index contributed by atoms with van der Waals surface area (Å²) < 4.78 is 16.1. The van der Waals surface area contributed by atoms with Gasteiger partial charge in [0.05, 0.1) is 22.6 Å². The lowest BCUT2D eigenvalue weighted by Crippen LogP contribution is -2.58. The van der Waals surface area contributed by atoms with E-state index in [0.717, 1.165) is 32.2 Å². The van der Waals surface area contributed by atoms with E-state index >= 15 is 0 Å². The van der Waals surface area contributed by atoms with Crippen molar-refractivity contribution in [3.8, 4) is 0 Å². The normalized spacial score (nSPS) is 23.8. The van der Waals surface area contributed by atoms with Crippen molar-refractivity contribution < 1.29 is 14.3 Å². The summed E-state index contributed by atoms with van der Waals surface area (Å²) in [5.74, 6) is -1.83. The molecule has 2 aliphatic rings. The molecule has 7 nitrogen and oxygen atoms in total. The molecule has 3 heterocycles. The number of hydrogen-bond acceptors (Lipinski definition) is 5. The van der Waals surface area contributed by atoms with E-state index < -0.39 is 17.2 Å². The Labute approximate surface area is 156 Å². The molecule has 1 aromatic heterocycles. The monoisotopic (exact) mass is 374 g/mol. The lowest BCUT2D eigenvalue weighted by atomic mass is 10.0. The second kappa shape index (κ2) is 6.31. The third-order valence-electron chi connectivity index (χ3n) is 5.86. The maximum Gasteiger partial charge on any atom is 0.341 e. The lowest BCUT2D eigenvalue weighted by Gasteiger charge is -2.49. The Morgan fingerprint density at radius 3 is 2.48 bits per heavy atom. The third kappa shape index (κ3) is 2.71. The number of likely N-dealkylation sites (N-methyl/N-ethyl adjacent to an activating group) is 2. The molecule has 0 saturated carbocycles. The molecule has 1 saturated heterocycles. The molecule has 1 aromatic carbocycles. The number of carbonyl (C=O) groups is 1. The minimum Gasteiger partial charge on any atom is -0.477 e. The first kappa shape index (κ1) is 17.9. The van der Waals surface area contributed by atoms with Crippen LogP contribution in [0, 0.1) is 5.82 Å². The molecular weight excluding hydrogens is 351 g/mol. The quantitative estimate of drug-likeness (QED) is 0.858. The van der Waals surface area contributed by atoms with Crippen LogP contribution in [0.1, 0.15) is 23.3 Å². The van der Waals surface area contributed by atoms with E-state index in [0.29, 0.717) is 11.2 Å². The van der Waals surface area contributed by atoms with Gasteiger partial charge in [0.1, 0.15) is 17.5 Å². The van der Waals surface area contributed by atoms with Crippen LogP contribution in [-0.4, -0.2) is 71.9 Å². The first-order valence-corrected chi connectivity index (χ1v) is 9.06. The Kier molecular flexibility index (Phi) is 4.20. The third-order valence-corrected chi connectivity index (χ3v) is 5.86. The van der Waals surface area contributed by atoms with Gasteiger partial charge in [-0.05, 0) is 26.1 Å². The number of anilines is 1. The number of benzene rings is 1. The van der Waals surface area contributed by atoms with Gasteiger partial charge in [0, 0.05) is 39.4 Å².